The summed E-state index contributed by atoms with van der Waals surface area (Å²) in [5, 5.41) is 0.0990. The molecule has 15 heavy (non-hydrogen) atoms. The molecule has 0 aromatic carbocycles. The molecule has 86 valence electrons. The Bertz CT molecular complexity index is 242. The van der Waals surface area contributed by atoms with E-state index >= 15 is 0 Å². The van der Waals surface area contributed by atoms with Crippen molar-refractivity contribution in [2.45, 2.75) is 31.1 Å². The summed E-state index contributed by atoms with van der Waals surface area (Å²) in [4.78, 5) is 0. The van der Waals surface area contributed by atoms with Gasteiger partial charge in [-0.15, -0.1) is 11.6 Å². The molecule has 0 saturated heterocycles. The van der Waals surface area contributed by atoms with Crippen molar-refractivity contribution in [3.8, 4) is 0 Å². The average molecular weight is 245 g/mol. The van der Waals surface area contributed by atoms with Gasteiger partial charge < -0.3 is 4.74 Å². The van der Waals surface area contributed by atoms with Crippen LogP contribution in [-0.2, 0) is 4.74 Å². The second kappa shape index (κ2) is 5.88. The van der Waals surface area contributed by atoms with Crippen LogP contribution in [0.15, 0.2) is 24.3 Å². The monoisotopic (exact) mass is 244 g/mol. The number of alkyl halides is 1. The quantitative estimate of drug-likeness (QED) is 0.407. The lowest BCUT2D eigenvalue weighted by Crippen LogP contribution is -2.24. The van der Waals surface area contributed by atoms with Crippen molar-refractivity contribution in [2.24, 2.45) is 5.92 Å². The summed E-state index contributed by atoms with van der Waals surface area (Å²) >= 11 is 6.14. The smallest absolute Gasteiger partial charge is 0.0603 e. The van der Waals surface area contributed by atoms with E-state index in [9.17, 15) is 0 Å². The Morgan fingerprint density at radius 2 is 1.87 bits per heavy atom. The van der Waals surface area contributed by atoms with E-state index < -0.39 is 8.07 Å². The molecule has 0 N–H and O–H groups in total. The first kappa shape index (κ1) is 13.0. The first-order valence-corrected chi connectivity index (χ1v) is 9.70. The summed E-state index contributed by atoms with van der Waals surface area (Å²) in [5.74, 6) is 0.346. The Morgan fingerprint density at radius 3 is 2.47 bits per heavy atom. The normalized spacial score (nSPS) is 25.9. The molecule has 0 aromatic heterocycles. The van der Waals surface area contributed by atoms with Crippen molar-refractivity contribution in [1.82, 2.24) is 0 Å². The summed E-state index contributed by atoms with van der Waals surface area (Å²) in [6.07, 6.45) is 8.20. The van der Waals surface area contributed by atoms with Crippen molar-refractivity contribution >= 4 is 19.7 Å². The summed E-state index contributed by atoms with van der Waals surface area (Å²) < 4.78 is 5.68. The highest BCUT2D eigenvalue weighted by molar-refractivity contribution is 6.76. The largest absolute Gasteiger partial charge is 0.381 e. The lowest BCUT2D eigenvalue weighted by Gasteiger charge is -2.20. The fourth-order valence-corrected chi connectivity index (χ4v) is 2.37. The molecule has 1 rings (SSSR count). The van der Waals surface area contributed by atoms with E-state index in [1.165, 1.54) is 6.04 Å². The van der Waals surface area contributed by atoms with Crippen molar-refractivity contribution in [3.05, 3.63) is 24.3 Å². The fourth-order valence-electron chi connectivity index (χ4n) is 1.37. The van der Waals surface area contributed by atoms with Gasteiger partial charge in [0, 0.05) is 20.6 Å². The number of allylic oxidation sites excluding steroid dienone is 3. The SMILES string of the molecule is C[Si](C)(C)CCOCC1C=CC=CC1Cl. The highest BCUT2D eigenvalue weighted by atomic mass is 35.5. The molecule has 1 aliphatic carbocycles. The van der Waals surface area contributed by atoms with Crippen LogP contribution in [0.4, 0.5) is 0 Å². The van der Waals surface area contributed by atoms with E-state index in [4.69, 9.17) is 16.3 Å². The molecule has 0 bridgehead atoms. The predicted octanol–water partition coefficient (Wildman–Crippen LogP) is 3.69. The van der Waals surface area contributed by atoms with Gasteiger partial charge in [-0.1, -0.05) is 43.9 Å². The van der Waals surface area contributed by atoms with E-state index in [-0.39, 0.29) is 5.38 Å². The van der Waals surface area contributed by atoms with Gasteiger partial charge >= 0.3 is 0 Å². The average Bonchev–Trinajstić information content (AvgIpc) is 2.13. The molecule has 1 aliphatic rings. The first-order chi connectivity index (χ1) is 6.99. The standard InChI is InChI=1S/C12H21ClOSi/c1-15(2,3)9-8-14-10-11-6-4-5-7-12(11)13/h4-7,11-12H,8-10H2,1-3H3. The molecule has 0 saturated carbocycles. The van der Waals surface area contributed by atoms with Gasteiger partial charge in [-0.05, 0) is 6.04 Å². The molecule has 1 nitrogen and oxygen atoms in total. The van der Waals surface area contributed by atoms with E-state index in [0.717, 1.165) is 13.2 Å². The zero-order valence-corrected chi connectivity index (χ0v) is 11.6. The maximum absolute atomic E-state index is 6.14. The molecule has 0 aromatic rings. The number of hydrogen-bond donors (Lipinski definition) is 0. The zero-order valence-electron chi connectivity index (χ0n) is 9.87. The van der Waals surface area contributed by atoms with Crippen LogP contribution >= 0.6 is 11.6 Å². The van der Waals surface area contributed by atoms with Gasteiger partial charge in [0.05, 0.1) is 12.0 Å². The predicted molar refractivity (Wildman–Crippen MR) is 70.4 cm³/mol. The van der Waals surface area contributed by atoms with Crippen LogP contribution in [0.2, 0.25) is 25.7 Å². The van der Waals surface area contributed by atoms with Crippen LogP contribution in [0, 0.1) is 5.92 Å². The summed E-state index contributed by atoms with van der Waals surface area (Å²) in [6, 6.07) is 1.23. The van der Waals surface area contributed by atoms with Crippen molar-refractivity contribution in [3.63, 3.8) is 0 Å². The first-order valence-electron chi connectivity index (χ1n) is 5.56. The van der Waals surface area contributed by atoms with Gasteiger partial charge in [-0.25, -0.2) is 0 Å². The number of hydrogen-bond acceptors (Lipinski definition) is 1. The molecule has 0 fully saturated rings. The van der Waals surface area contributed by atoms with Crippen molar-refractivity contribution in [2.75, 3.05) is 13.2 Å². The molecular weight excluding hydrogens is 224 g/mol. The molecule has 2 unspecified atom stereocenters. The van der Waals surface area contributed by atoms with Crippen molar-refractivity contribution < 1.29 is 4.74 Å². The number of ether oxygens (including phenoxy) is 1. The zero-order chi connectivity index (χ0) is 11.3. The molecule has 0 heterocycles. The van der Waals surface area contributed by atoms with Crippen LogP contribution < -0.4 is 0 Å². The minimum absolute atomic E-state index is 0.0990. The molecule has 3 heteroatoms. The molecule has 0 aliphatic heterocycles. The van der Waals surface area contributed by atoms with Crippen LogP contribution in [0.5, 0.6) is 0 Å². The molecule has 0 radical (unpaired) electrons. The van der Waals surface area contributed by atoms with Gasteiger partial charge in [-0.2, -0.15) is 0 Å². The third-order valence-electron chi connectivity index (χ3n) is 2.48. The van der Waals surface area contributed by atoms with Crippen molar-refractivity contribution in [1.29, 1.82) is 0 Å². The second-order valence-corrected chi connectivity index (χ2v) is 11.4. The third-order valence-corrected chi connectivity index (χ3v) is 4.65. The highest BCUT2D eigenvalue weighted by Gasteiger charge is 2.17. The van der Waals surface area contributed by atoms with Crippen LogP contribution in [0.3, 0.4) is 0 Å². The third kappa shape index (κ3) is 5.55. The molecule has 0 amide bonds. The molecule has 2 atom stereocenters. The summed E-state index contributed by atoms with van der Waals surface area (Å²) in [7, 11) is -0.951. The fraction of sp³-hybridized carbons (Fsp3) is 0.667. The highest BCUT2D eigenvalue weighted by Crippen LogP contribution is 2.19. The number of halogens is 1. The van der Waals surface area contributed by atoms with Crippen LogP contribution in [-0.4, -0.2) is 26.7 Å². The Labute approximate surface area is 99.2 Å². The minimum atomic E-state index is -0.951. The van der Waals surface area contributed by atoms with E-state index in [2.05, 4.69) is 25.7 Å². The van der Waals surface area contributed by atoms with Gasteiger partial charge in [0.15, 0.2) is 0 Å². The summed E-state index contributed by atoms with van der Waals surface area (Å²) in [6.45, 7) is 8.73. The maximum Gasteiger partial charge on any atom is 0.0603 e. The summed E-state index contributed by atoms with van der Waals surface area (Å²) in [5.41, 5.74) is 0. The minimum Gasteiger partial charge on any atom is -0.381 e. The van der Waals surface area contributed by atoms with Gasteiger partial charge in [0.2, 0.25) is 0 Å². The Kier molecular flexibility index (Phi) is 5.10. The maximum atomic E-state index is 6.14. The Balaban J connectivity index is 2.15. The van der Waals surface area contributed by atoms with Crippen LogP contribution in [0.1, 0.15) is 0 Å². The lowest BCUT2D eigenvalue weighted by molar-refractivity contribution is 0.125. The number of rotatable bonds is 5. The van der Waals surface area contributed by atoms with Gasteiger partial charge in [0.25, 0.3) is 0 Å². The van der Waals surface area contributed by atoms with E-state index in [1.54, 1.807) is 0 Å². The Hall–Kier alpha value is -0.0531. The molecular formula is C12H21ClOSi. The Morgan fingerprint density at radius 1 is 1.20 bits per heavy atom. The van der Waals surface area contributed by atoms with Crippen LogP contribution in [0.25, 0.3) is 0 Å². The second-order valence-electron chi connectivity index (χ2n) is 5.26. The van der Waals surface area contributed by atoms with Gasteiger partial charge in [-0.3, -0.25) is 0 Å². The lowest BCUT2D eigenvalue weighted by atomic mass is 10.0. The molecule has 0 spiro atoms. The van der Waals surface area contributed by atoms with Gasteiger partial charge in [0.1, 0.15) is 0 Å². The topological polar surface area (TPSA) is 9.23 Å². The van der Waals surface area contributed by atoms with E-state index in [1.807, 2.05) is 18.2 Å². The van der Waals surface area contributed by atoms with E-state index in [0.29, 0.717) is 5.92 Å².